The molecule has 0 saturated heterocycles. The lowest BCUT2D eigenvalue weighted by Gasteiger charge is -1.98. The maximum atomic E-state index is 13.4. The fourth-order valence-electron chi connectivity index (χ4n) is 1.62. The van der Waals surface area contributed by atoms with Crippen LogP contribution in [0.5, 0.6) is 0 Å². The number of carbonyl (C=O) groups is 1. The van der Waals surface area contributed by atoms with Gasteiger partial charge in [-0.25, -0.2) is 4.39 Å². The van der Waals surface area contributed by atoms with E-state index in [-0.39, 0.29) is 11.6 Å². The smallest absolute Gasteiger partial charge is 0.162 e. The number of aryl methyl sites for hydroxylation is 1. The van der Waals surface area contributed by atoms with Crippen LogP contribution in [0, 0.1) is 12.7 Å². The van der Waals surface area contributed by atoms with E-state index in [1.807, 2.05) is 6.92 Å². The molecule has 2 aromatic rings. The second kappa shape index (κ2) is 2.94. The number of aromatic nitrogens is 1. The molecule has 0 radical (unpaired) electrons. The molecule has 0 atom stereocenters. The van der Waals surface area contributed by atoms with Crippen molar-refractivity contribution in [1.82, 2.24) is 4.98 Å². The van der Waals surface area contributed by atoms with Crippen molar-refractivity contribution < 1.29 is 9.18 Å². The molecule has 3 heteroatoms. The van der Waals surface area contributed by atoms with Crippen LogP contribution in [0.2, 0.25) is 0 Å². The molecule has 1 N–H and O–H groups in total. The van der Waals surface area contributed by atoms with Crippen LogP contribution >= 0.6 is 0 Å². The average Bonchev–Trinajstić information content (AvgIpc) is 2.56. The van der Waals surface area contributed by atoms with E-state index in [4.69, 9.17) is 0 Å². The van der Waals surface area contributed by atoms with E-state index in [0.717, 1.165) is 5.56 Å². The van der Waals surface area contributed by atoms with Crippen LogP contribution in [-0.2, 0) is 0 Å². The topological polar surface area (TPSA) is 32.9 Å². The minimum absolute atomic E-state index is 0.124. The highest BCUT2D eigenvalue weighted by molar-refractivity contribution is 6.07. The molecule has 1 aromatic heterocycles. The summed E-state index contributed by atoms with van der Waals surface area (Å²) in [4.78, 5) is 14.1. The standard InChI is InChI=1S/C11H10FNO/c1-6-3-4-9(12)10-8(7(2)14)5-13-11(6)10/h3-5,13H,1-2H3. The number of fused-ring (bicyclic) bond motifs is 1. The van der Waals surface area contributed by atoms with Crippen molar-refractivity contribution in [1.29, 1.82) is 0 Å². The third kappa shape index (κ3) is 1.13. The number of hydrogen-bond acceptors (Lipinski definition) is 1. The fourth-order valence-corrected chi connectivity index (χ4v) is 1.62. The number of rotatable bonds is 1. The summed E-state index contributed by atoms with van der Waals surface area (Å²) in [6.07, 6.45) is 1.56. The quantitative estimate of drug-likeness (QED) is 0.691. The Morgan fingerprint density at radius 2 is 2.14 bits per heavy atom. The van der Waals surface area contributed by atoms with Gasteiger partial charge in [0.15, 0.2) is 5.78 Å². The van der Waals surface area contributed by atoms with E-state index in [1.165, 1.54) is 13.0 Å². The number of aromatic amines is 1. The summed E-state index contributed by atoms with van der Waals surface area (Å²) in [5.74, 6) is -0.474. The predicted molar refractivity (Wildman–Crippen MR) is 53.0 cm³/mol. The van der Waals surface area contributed by atoms with Gasteiger partial charge in [0, 0.05) is 17.1 Å². The highest BCUT2D eigenvalue weighted by Gasteiger charge is 2.13. The summed E-state index contributed by atoms with van der Waals surface area (Å²) in [5.41, 5.74) is 2.06. The van der Waals surface area contributed by atoms with Crippen LogP contribution in [0.3, 0.4) is 0 Å². The van der Waals surface area contributed by atoms with Gasteiger partial charge >= 0.3 is 0 Å². The molecule has 14 heavy (non-hydrogen) atoms. The van der Waals surface area contributed by atoms with Gasteiger partial charge in [0.2, 0.25) is 0 Å². The van der Waals surface area contributed by atoms with Crippen LogP contribution < -0.4 is 0 Å². The van der Waals surface area contributed by atoms with E-state index >= 15 is 0 Å². The van der Waals surface area contributed by atoms with Crippen molar-refractivity contribution in [3.8, 4) is 0 Å². The number of H-pyrrole nitrogens is 1. The molecule has 0 bridgehead atoms. The lowest BCUT2D eigenvalue weighted by atomic mass is 10.1. The second-order valence-corrected chi connectivity index (χ2v) is 3.37. The van der Waals surface area contributed by atoms with Crippen molar-refractivity contribution in [2.24, 2.45) is 0 Å². The number of nitrogens with one attached hydrogen (secondary N) is 1. The molecule has 0 unspecified atom stereocenters. The van der Waals surface area contributed by atoms with Gasteiger partial charge < -0.3 is 4.98 Å². The lowest BCUT2D eigenvalue weighted by Crippen LogP contribution is -1.91. The Balaban J connectivity index is 2.90. The van der Waals surface area contributed by atoms with Gasteiger partial charge in [-0.1, -0.05) is 6.07 Å². The van der Waals surface area contributed by atoms with E-state index in [9.17, 15) is 9.18 Å². The number of Topliss-reactive ketones (excluding diaryl/α,β-unsaturated/α-hetero) is 1. The van der Waals surface area contributed by atoms with Gasteiger partial charge in [-0.2, -0.15) is 0 Å². The van der Waals surface area contributed by atoms with Gasteiger partial charge in [-0.05, 0) is 25.5 Å². The monoisotopic (exact) mass is 191 g/mol. The van der Waals surface area contributed by atoms with E-state index in [0.29, 0.717) is 16.5 Å². The van der Waals surface area contributed by atoms with E-state index in [2.05, 4.69) is 4.98 Å². The molecule has 0 aliphatic heterocycles. The van der Waals surface area contributed by atoms with Gasteiger partial charge in [-0.15, -0.1) is 0 Å². The van der Waals surface area contributed by atoms with Crippen LogP contribution in [-0.4, -0.2) is 10.8 Å². The molecule has 72 valence electrons. The molecule has 0 fully saturated rings. The third-order valence-corrected chi connectivity index (χ3v) is 2.37. The molecule has 1 aromatic carbocycles. The summed E-state index contributed by atoms with van der Waals surface area (Å²) in [7, 11) is 0. The minimum atomic E-state index is -0.350. The molecule has 2 nitrogen and oxygen atoms in total. The Morgan fingerprint density at radius 3 is 2.79 bits per heavy atom. The number of ketones is 1. The third-order valence-electron chi connectivity index (χ3n) is 2.37. The maximum absolute atomic E-state index is 13.4. The first-order valence-corrected chi connectivity index (χ1v) is 4.38. The Labute approximate surface area is 80.7 Å². The van der Waals surface area contributed by atoms with Crippen molar-refractivity contribution in [2.45, 2.75) is 13.8 Å². The highest BCUT2D eigenvalue weighted by atomic mass is 19.1. The molecule has 0 spiro atoms. The van der Waals surface area contributed by atoms with Crippen molar-refractivity contribution in [3.63, 3.8) is 0 Å². The first-order valence-electron chi connectivity index (χ1n) is 4.38. The number of carbonyl (C=O) groups excluding carboxylic acids is 1. The van der Waals surface area contributed by atoms with Crippen LogP contribution in [0.25, 0.3) is 10.9 Å². The Kier molecular flexibility index (Phi) is 1.88. The molecule has 1 heterocycles. The first kappa shape index (κ1) is 8.94. The van der Waals surface area contributed by atoms with Gasteiger partial charge in [-0.3, -0.25) is 4.79 Å². The Hall–Kier alpha value is -1.64. The zero-order chi connectivity index (χ0) is 10.3. The van der Waals surface area contributed by atoms with E-state index < -0.39 is 0 Å². The fraction of sp³-hybridized carbons (Fsp3) is 0.182. The zero-order valence-corrected chi connectivity index (χ0v) is 8.02. The predicted octanol–water partition coefficient (Wildman–Crippen LogP) is 2.82. The normalized spacial score (nSPS) is 10.8. The maximum Gasteiger partial charge on any atom is 0.162 e. The first-order chi connectivity index (χ1) is 6.61. The molecular weight excluding hydrogens is 181 g/mol. The molecule has 0 saturated carbocycles. The molecule has 2 rings (SSSR count). The van der Waals surface area contributed by atoms with Crippen molar-refractivity contribution in [3.05, 3.63) is 35.3 Å². The van der Waals surface area contributed by atoms with Gasteiger partial charge in [0.05, 0.1) is 5.52 Å². The Morgan fingerprint density at radius 1 is 1.43 bits per heavy atom. The average molecular weight is 191 g/mol. The zero-order valence-electron chi connectivity index (χ0n) is 8.02. The lowest BCUT2D eigenvalue weighted by molar-refractivity contribution is 0.101. The van der Waals surface area contributed by atoms with Crippen LogP contribution in [0.1, 0.15) is 22.8 Å². The van der Waals surface area contributed by atoms with Crippen LogP contribution in [0.15, 0.2) is 18.3 Å². The summed E-state index contributed by atoms with van der Waals surface area (Å²) in [6.45, 7) is 3.31. The largest absolute Gasteiger partial charge is 0.360 e. The molecule has 0 aliphatic carbocycles. The number of benzene rings is 1. The summed E-state index contributed by atoms with van der Waals surface area (Å²) in [6, 6.07) is 3.08. The number of hydrogen-bond donors (Lipinski definition) is 1. The summed E-state index contributed by atoms with van der Waals surface area (Å²) >= 11 is 0. The van der Waals surface area contributed by atoms with E-state index in [1.54, 1.807) is 12.3 Å². The summed E-state index contributed by atoms with van der Waals surface area (Å²) in [5, 5.41) is 0.400. The highest BCUT2D eigenvalue weighted by Crippen LogP contribution is 2.24. The molecule has 0 aliphatic rings. The minimum Gasteiger partial charge on any atom is -0.360 e. The SMILES string of the molecule is CC(=O)c1c[nH]c2c(C)ccc(F)c12. The van der Waals surface area contributed by atoms with Crippen molar-refractivity contribution >= 4 is 16.7 Å². The summed E-state index contributed by atoms with van der Waals surface area (Å²) < 4.78 is 13.4. The Bertz CT molecular complexity index is 513. The van der Waals surface area contributed by atoms with Crippen molar-refractivity contribution in [2.75, 3.05) is 0 Å². The number of halogens is 1. The molecule has 0 amide bonds. The van der Waals surface area contributed by atoms with Gasteiger partial charge in [0.1, 0.15) is 5.82 Å². The molecular formula is C11H10FNO. The van der Waals surface area contributed by atoms with Crippen LogP contribution in [0.4, 0.5) is 4.39 Å². The second-order valence-electron chi connectivity index (χ2n) is 3.37. The van der Waals surface area contributed by atoms with Gasteiger partial charge in [0.25, 0.3) is 0 Å².